The average Bonchev–Trinajstić information content (AvgIpc) is 2.49. The molecule has 1 rings (SSSR count). The largest absolute Gasteiger partial charge is 0.461 e. The summed E-state index contributed by atoms with van der Waals surface area (Å²) < 4.78 is 28.3. The van der Waals surface area contributed by atoms with Gasteiger partial charge in [-0.25, -0.2) is 8.42 Å². The molecule has 0 heterocycles. The molecule has 0 aliphatic rings. The van der Waals surface area contributed by atoms with Gasteiger partial charge in [-0.3, -0.25) is 4.79 Å². The lowest BCUT2D eigenvalue weighted by atomic mass is 10.0. The third kappa shape index (κ3) is 6.65. The van der Waals surface area contributed by atoms with Crippen molar-refractivity contribution < 1.29 is 17.9 Å². The molecular weight excluding hydrogens is 312 g/mol. The zero-order chi connectivity index (χ0) is 17.5. The zero-order valence-electron chi connectivity index (χ0n) is 13.5. The van der Waals surface area contributed by atoms with Crippen LogP contribution in [0.3, 0.4) is 0 Å². The minimum atomic E-state index is -3.26. The Kier molecular flexibility index (Phi) is 6.97. The number of ether oxygens (including phenoxy) is 1. The minimum absolute atomic E-state index is 0.122. The van der Waals surface area contributed by atoms with Crippen LogP contribution in [-0.2, 0) is 25.8 Å². The van der Waals surface area contributed by atoms with E-state index in [1.54, 1.807) is 43.4 Å². The molecule has 1 atom stereocenters. The van der Waals surface area contributed by atoms with Crippen LogP contribution >= 0.6 is 0 Å². The lowest BCUT2D eigenvalue weighted by Gasteiger charge is -2.12. The number of hydrogen-bond donors (Lipinski definition) is 0. The lowest BCUT2D eigenvalue weighted by Crippen LogP contribution is -2.18. The summed E-state index contributed by atoms with van der Waals surface area (Å²) in [6.45, 7) is 9.19. The summed E-state index contributed by atoms with van der Waals surface area (Å²) in [5.41, 5.74) is 1.45. The molecule has 4 nitrogen and oxygen atoms in total. The fourth-order valence-corrected chi connectivity index (χ4v) is 2.59. The van der Waals surface area contributed by atoms with Crippen LogP contribution in [0, 0.1) is 5.92 Å². The molecule has 0 aliphatic carbocycles. The van der Waals surface area contributed by atoms with Gasteiger partial charge >= 0.3 is 5.97 Å². The molecule has 0 bridgehead atoms. The lowest BCUT2D eigenvalue weighted by molar-refractivity contribution is -0.146. The molecule has 0 saturated heterocycles. The summed E-state index contributed by atoms with van der Waals surface area (Å²) in [6, 6.07) is 6.60. The van der Waals surface area contributed by atoms with Crippen molar-refractivity contribution in [3.8, 4) is 0 Å². The summed E-state index contributed by atoms with van der Waals surface area (Å²) in [5, 5.41) is 0. The van der Waals surface area contributed by atoms with Crippen molar-refractivity contribution in [2.45, 2.75) is 18.2 Å². The maximum Gasteiger partial charge on any atom is 0.309 e. The molecule has 0 saturated carbocycles. The molecule has 1 aromatic rings. The normalized spacial score (nSPS) is 12.8. The molecule has 0 aromatic heterocycles. The van der Waals surface area contributed by atoms with Crippen molar-refractivity contribution >= 4 is 15.8 Å². The first-order valence-corrected chi connectivity index (χ1v) is 9.05. The van der Waals surface area contributed by atoms with Gasteiger partial charge < -0.3 is 4.74 Å². The highest BCUT2D eigenvalue weighted by molar-refractivity contribution is 7.90. The monoisotopic (exact) mass is 334 g/mol. The van der Waals surface area contributed by atoms with Crippen LogP contribution in [0.2, 0.25) is 0 Å². The van der Waals surface area contributed by atoms with Gasteiger partial charge in [-0.1, -0.05) is 50.4 Å². The topological polar surface area (TPSA) is 60.4 Å². The molecule has 0 spiro atoms. The summed E-state index contributed by atoms with van der Waals surface area (Å²) in [5.74, 6) is -0.719. The first kappa shape index (κ1) is 18.9. The van der Waals surface area contributed by atoms with Crippen LogP contribution in [0.5, 0.6) is 0 Å². The molecule has 0 fully saturated rings. The Labute approximate surface area is 138 Å². The van der Waals surface area contributed by atoms with Gasteiger partial charge in [0, 0.05) is 6.26 Å². The van der Waals surface area contributed by atoms with Crippen LogP contribution in [0.15, 0.2) is 66.1 Å². The Balaban J connectivity index is 2.63. The SMILES string of the molecule is C=CC=CC(=C)COC(=O)C(C)Cc1cccc(S(C)(=O)=O)c1. The number of benzene rings is 1. The van der Waals surface area contributed by atoms with E-state index < -0.39 is 9.84 Å². The van der Waals surface area contributed by atoms with E-state index in [0.29, 0.717) is 12.0 Å². The van der Waals surface area contributed by atoms with Crippen molar-refractivity contribution in [2.24, 2.45) is 5.92 Å². The van der Waals surface area contributed by atoms with Gasteiger partial charge in [0.25, 0.3) is 0 Å². The molecule has 1 aromatic carbocycles. The molecule has 124 valence electrons. The first-order valence-electron chi connectivity index (χ1n) is 7.16. The van der Waals surface area contributed by atoms with Crippen molar-refractivity contribution in [1.82, 2.24) is 0 Å². The number of carbonyl (C=O) groups excluding carboxylic acids is 1. The summed E-state index contributed by atoms with van der Waals surface area (Å²) in [4.78, 5) is 12.2. The molecule has 0 N–H and O–H groups in total. The third-order valence-electron chi connectivity index (χ3n) is 3.14. The predicted octanol–water partition coefficient (Wildman–Crippen LogP) is 3.11. The predicted molar refractivity (Wildman–Crippen MR) is 91.9 cm³/mol. The van der Waals surface area contributed by atoms with E-state index >= 15 is 0 Å². The van der Waals surface area contributed by atoms with E-state index in [-0.39, 0.29) is 23.4 Å². The molecule has 23 heavy (non-hydrogen) atoms. The summed E-state index contributed by atoms with van der Waals surface area (Å²) >= 11 is 0. The molecule has 0 radical (unpaired) electrons. The zero-order valence-corrected chi connectivity index (χ0v) is 14.3. The number of hydrogen-bond acceptors (Lipinski definition) is 4. The highest BCUT2D eigenvalue weighted by Crippen LogP contribution is 2.15. The molecule has 0 aliphatic heterocycles. The quantitative estimate of drug-likeness (QED) is 0.541. The van der Waals surface area contributed by atoms with E-state index in [1.807, 2.05) is 0 Å². The van der Waals surface area contributed by atoms with Crippen LogP contribution in [0.25, 0.3) is 0 Å². The van der Waals surface area contributed by atoms with Crippen LogP contribution in [-0.4, -0.2) is 27.2 Å². The van der Waals surface area contributed by atoms with E-state index in [2.05, 4.69) is 13.2 Å². The van der Waals surface area contributed by atoms with Crippen molar-refractivity contribution in [1.29, 1.82) is 0 Å². The van der Waals surface area contributed by atoms with Crippen LogP contribution < -0.4 is 0 Å². The fourth-order valence-electron chi connectivity index (χ4n) is 1.90. The van der Waals surface area contributed by atoms with Crippen LogP contribution in [0.4, 0.5) is 0 Å². The summed E-state index contributed by atoms with van der Waals surface area (Å²) in [7, 11) is -3.26. The fraction of sp³-hybridized carbons (Fsp3) is 0.278. The number of sulfone groups is 1. The van der Waals surface area contributed by atoms with Gasteiger partial charge in [-0.05, 0) is 29.7 Å². The molecular formula is C18H22O4S. The highest BCUT2D eigenvalue weighted by atomic mass is 32.2. The van der Waals surface area contributed by atoms with Crippen LogP contribution in [0.1, 0.15) is 12.5 Å². The second-order valence-electron chi connectivity index (χ2n) is 5.39. The maximum atomic E-state index is 12.0. The van der Waals surface area contributed by atoms with Gasteiger partial charge in [0.1, 0.15) is 6.61 Å². The van der Waals surface area contributed by atoms with E-state index in [4.69, 9.17) is 4.74 Å². The Bertz CT molecular complexity index is 714. The van der Waals surface area contributed by atoms with Gasteiger partial charge in [-0.2, -0.15) is 0 Å². The van der Waals surface area contributed by atoms with E-state index in [0.717, 1.165) is 11.8 Å². The smallest absolute Gasteiger partial charge is 0.309 e. The third-order valence-corrected chi connectivity index (χ3v) is 4.25. The van der Waals surface area contributed by atoms with Gasteiger partial charge in [0.05, 0.1) is 10.8 Å². The number of esters is 1. The Morgan fingerprint density at radius 3 is 2.70 bits per heavy atom. The summed E-state index contributed by atoms with van der Waals surface area (Å²) in [6.07, 6.45) is 6.63. The molecule has 0 amide bonds. The van der Waals surface area contributed by atoms with E-state index in [1.165, 1.54) is 6.07 Å². The number of allylic oxidation sites excluding steroid dienone is 2. The standard InChI is InChI=1S/C18H22O4S/c1-5-6-8-14(2)13-22-18(19)15(3)11-16-9-7-10-17(12-16)23(4,20)21/h5-10,12,15H,1-2,11,13H2,3-4H3. The second kappa shape index (κ2) is 8.48. The van der Waals surface area contributed by atoms with Crippen molar-refractivity contribution in [2.75, 3.05) is 12.9 Å². The van der Waals surface area contributed by atoms with Crippen molar-refractivity contribution in [3.63, 3.8) is 0 Å². The van der Waals surface area contributed by atoms with Crippen molar-refractivity contribution in [3.05, 3.63) is 66.8 Å². The Morgan fingerprint density at radius 1 is 1.39 bits per heavy atom. The van der Waals surface area contributed by atoms with Gasteiger partial charge in [0.15, 0.2) is 9.84 Å². The Hall–Kier alpha value is -2.14. The first-order chi connectivity index (χ1) is 10.7. The van der Waals surface area contributed by atoms with Gasteiger partial charge in [-0.15, -0.1) is 0 Å². The Morgan fingerprint density at radius 2 is 2.09 bits per heavy atom. The maximum absolute atomic E-state index is 12.0. The number of carbonyl (C=O) groups is 1. The van der Waals surface area contributed by atoms with Gasteiger partial charge in [0.2, 0.25) is 0 Å². The highest BCUT2D eigenvalue weighted by Gasteiger charge is 2.16. The second-order valence-corrected chi connectivity index (χ2v) is 7.40. The number of rotatable bonds is 8. The van der Waals surface area contributed by atoms with E-state index in [9.17, 15) is 13.2 Å². The average molecular weight is 334 g/mol. The molecule has 1 unspecified atom stereocenters. The minimum Gasteiger partial charge on any atom is -0.461 e. The molecule has 5 heteroatoms.